The van der Waals surface area contributed by atoms with Crippen LogP contribution in [-0.2, 0) is 0 Å². The highest BCUT2D eigenvalue weighted by atomic mass is 32.1. The van der Waals surface area contributed by atoms with E-state index in [1.807, 2.05) is 25.1 Å². The zero-order chi connectivity index (χ0) is 14.7. The van der Waals surface area contributed by atoms with Gasteiger partial charge in [0.1, 0.15) is 4.99 Å². The molecule has 0 heterocycles. The summed E-state index contributed by atoms with van der Waals surface area (Å²) in [5.74, 6) is -0.448. The predicted molar refractivity (Wildman–Crippen MR) is 85.3 cm³/mol. The zero-order valence-electron chi connectivity index (χ0n) is 11.0. The minimum absolute atomic E-state index is 0.338. The number of primary amides is 1. The van der Waals surface area contributed by atoms with Crippen LogP contribution in [0.2, 0.25) is 0 Å². The van der Waals surface area contributed by atoms with Crippen LogP contribution in [0, 0.1) is 6.92 Å². The standard InChI is InChI=1S/C15H15N3OS/c1-9-2-7-13(12(8-9)15(17)20)18-11-5-3-10(4-6-11)14(16)19/h2-8,18H,1H3,(H2,16,19)(H2,17,20). The molecule has 0 bridgehead atoms. The minimum Gasteiger partial charge on any atom is -0.389 e. The molecule has 0 aliphatic heterocycles. The summed E-state index contributed by atoms with van der Waals surface area (Å²) >= 11 is 5.06. The summed E-state index contributed by atoms with van der Waals surface area (Å²) in [7, 11) is 0. The molecule has 0 saturated heterocycles. The first-order chi connectivity index (χ1) is 9.47. The average Bonchev–Trinajstić information content (AvgIpc) is 2.41. The second kappa shape index (κ2) is 5.71. The molecule has 0 fully saturated rings. The summed E-state index contributed by atoms with van der Waals surface area (Å²) < 4.78 is 0. The maximum Gasteiger partial charge on any atom is 0.248 e. The first-order valence-electron chi connectivity index (χ1n) is 6.04. The summed E-state index contributed by atoms with van der Waals surface area (Å²) in [6, 6.07) is 12.7. The molecule has 20 heavy (non-hydrogen) atoms. The van der Waals surface area contributed by atoms with Gasteiger partial charge in [-0.1, -0.05) is 23.8 Å². The van der Waals surface area contributed by atoms with Crippen molar-refractivity contribution in [3.05, 3.63) is 59.2 Å². The number of hydrogen-bond donors (Lipinski definition) is 3. The van der Waals surface area contributed by atoms with Crippen LogP contribution < -0.4 is 16.8 Å². The second-order valence-electron chi connectivity index (χ2n) is 4.48. The monoisotopic (exact) mass is 285 g/mol. The van der Waals surface area contributed by atoms with E-state index in [9.17, 15) is 4.79 Å². The molecule has 2 aromatic carbocycles. The van der Waals surface area contributed by atoms with Gasteiger partial charge in [0.15, 0.2) is 0 Å². The predicted octanol–water partition coefficient (Wildman–Crippen LogP) is 2.47. The summed E-state index contributed by atoms with van der Waals surface area (Å²) in [6.45, 7) is 1.98. The van der Waals surface area contributed by atoms with E-state index in [-0.39, 0.29) is 0 Å². The number of aryl methyl sites for hydroxylation is 1. The average molecular weight is 285 g/mol. The van der Waals surface area contributed by atoms with Gasteiger partial charge in [-0.15, -0.1) is 0 Å². The Morgan fingerprint density at radius 2 is 1.75 bits per heavy atom. The molecule has 0 spiro atoms. The minimum atomic E-state index is -0.448. The number of carbonyl (C=O) groups is 1. The number of benzene rings is 2. The molecule has 1 amide bonds. The molecule has 5 N–H and O–H groups in total. The Balaban J connectivity index is 2.30. The molecule has 0 aromatic heterocycles. The topological polar surface area (TPSA) is 81.1 Å². The van der Waals surface area contributed by atoms with Crippen molar-refractivity contribution in [2.75, 3.05) is 5.32 Å². The lowest BCUT2D eigenvalue weighted by Gasteiger charge is -2.12. The Bertz CT molecular complexity index is 665. The third kappa shape index (κ3) is 3.13. The quantitative estimate of drug-likeness (QED) is 0.754. The van der Waals surface area contributed by atoms with E-state index in [4.69, 9.17) is 23.7 Å². The van der Waals surface area contributed by atoms with Crippen molar-refractivity contribution in [2.45, 2.75) is 6.92 Å². The van der Waals surface area contributed by atoms with E-state index < -0.39 is 5.91 Å². The lowest BCUT2D eigenvalue weighted by atomic mass is 10.1. The van der Waals surface area contributed by atoms with Crippen molar-refractivity contribution in [3.8, 4) is 0 Å². The first-order valence-corrected chi connectivity index (χ1v) is 6.45. The SMILES string of the molecule is Cc1ccc(Nc2ccc(C(N)=O)cc2)c(C(N)=S)c1. The molecule has 0 aliphatic carbocycles. The van der Waals surface area contributed by atoms with E-state index in [1.165, 1.54) is 0 Å². The number of thiocarbonyl (C=S) groups is 1. The number of nitrogens with one attached hydrogen (secondary N) is 1. The van der Waals surface area contributed by atoms with Gasteiger partial charge in [-0.3, -0.25) is 4.79 Å². The number of amides is 1. The van der Waals surface area contributed by atoms with Gasteiger partial charge in [0, 0.05) is 22.5 Å². The molecule has 5 heteroatoms. The van der Waals surface area contributed by atoms with E-state index >= 15 is 0 Å². The molecule has 2 aromatic rings. The van der Waals surface area contributed by atoms with E-state index in [2.05, 4.69) is 5.32 Å². The van der Waals surface area contributed by atoms with E-state index in [0.29, 0.717) is 10.6 Å². The third-order valence-corrected chi connectivity index (χ3v) is 3.11. The van der Waals surface area contributed by atoms with Crippen LogP contribution in [0.25, 0.3) is 0 Å². The maximum absolute atomic E-state index is 11.0. The van der Waals surface area contributed by atoms with Crippen molar-refractivity contribution < 1.29 is 4.79 Å². The largest absolute Gasteiger partial charge is 0.389 e. The van der Waals surface area contributed by atoms with E-state index in [1.54, 1.807) is 24.3 Å². The molecule has 0 radical (unpaired) electrons. The van der Waals surface area contributed by atoms with Gasteiger partial charge >= 0.3 is 0 Å². The van der Waals surface area contributed by atoms with Crippen LogP contribution in [-0.4, -0.2) is 10.9 Å². The molecule has 102 valence electrons. The van der Waals surface area contributed by atoms with Crippen molar-refractivity contribution in [3.63, 3.8) is 0 Å². The van der Waals surface area contributed by atoms with Crippen molar-refractivity contribution in [2.24, 2.45) is 11.5 Å². The number of nitrogens with two attached hydrogens (primary N) is 2. The molecule has 0 unspecified atom stereocenters. The van der Waals surface area contributed by atoms with Gasteiger partial charge in [0.05, 0.1) is 0 Å². The lowest BCUT2D eigenvalue weighted by Crippen LogP contribution is -2.12. The summed E-state index contributed by atoms with van der Waals surface area (Å²) in [5, 5.41) is 3.23. The van der Waals surface area contributed by atoms with Crippen molar-refractivity contribution in [1.82, 2.24) is 0 Å². The Labute approximate surface area is 122 Å². The Morgan fingerprint density at radius 1 is 1.10 bits per heavy atom. The molecule has 0 atom stereocenters. The van der Waals surface area contributed by atoms with Crippen LogP contribution >= 0.6 is 12.2 Å². The summed E-state index contributed by atoms with van der Waals surface area (Å²) in [4.78, 5) is 11.4. The van der Waals surface area contributed by atoms with Crippen LogP contribution in [0.5, 0.6) is 0 Å². The number of anilines is 2. The normalized spacial score (nSPS) is 10.1. The fraction of sp³-hybridized carbons (Fsp3) is 0.0667. The van der Waals surface area contributed by atoms with Gasteiger partial charge in [0.2, 0.25) is 5.91 Å². The first kappa shape index (κ1) is 14.0. The highest BCUT2D eigenvalue weighted by molar-refractivity contribution is 7.80. The van der Waals surface area contributed by atoms with Gasteiger partial charge in [-0.05, 0) is 43.3 Å². The Kier molecular flexibility index (Phi) is 4.00. The molecular formula is C15H15N3OS. The maximum atomic E-state index is 11.0. The molecular weight excluding hydrogens is 270 g/mol. The fourth-order valence-corrected chi connectivity index (χ4v) is 2.01. The van der Waals surface area contributed by atoms with E-state index in [0.717, 1.165) is 22.5 Å². The lowest BCUT2D eigenvalue weighted by molar-refractivity contribution is 0.100. The summed E-state index contributed by atoms with van der Waals surface area (Å²) in [6.07, 6.45) is 0. The Hall–Kier alpha value is -2.40. The van der Waals surface area contributed by atoms with Gasteiger partial charge in [-0.25, -0.2) is 0 Å². The van der Waals surface area contributed by atoms with Crippen LogP contribution in [0.3, 0.4) is 0 Å². The molecule has 0 aliphatic rings. The second-order valence-corrected chi connectivity index (χ2v) is 4.92. The number of carbonyl (C=O) groups excluding carboxylic acids is 1. The zero-order valence-corrected chi connectivity index (χ0v) is 11.8. The highest BCUT2D eigenvalue weighted by Gasteiger charge is 2.06. The van der Waals surface area contributed by atoms with Crippen LogP contribution in [0.1, 0.15) is 21.5 Å². The third-order valence-electron chi connectivity index (χ3n) is 2.89. The van der Waals surface area contributed by atoms with Crippen LogP contribution in [0.15, 0.2) is 42.5 Å². The van der Waals surface area contributed by atoms with Crippen LogP contribution in [0.4, 0.5) is 11.4 Å². The van der Waals surface area contributed by atoms with Gasteiger partial charge in [-0.2, -0.15) is 0 Å². The highest BCUT2D eigenvalue weighted by Crippen LogP contribution is 2.22. The molecule has 4 nitrogen and oxygen atoms in total. The number of hydrogen-bond acceptors (Lipinski definition) is 3. The fourth-order valence-electron chi connectivity index (χ4n) is 1.84. The van der Waals surface area contributed by atoms with Gasteiger partial charge in [0.25, 0.3) is 0 Å². The smallest absolute Gasteiger partial charge is 0.248 e. The molecule has 0 saturated carbocycles. The Morgan fingerprint density at radius 3 is 2.30 bits per heavy atom. The molecule has 2 rings (SSSR count). The van der Waals surface area contributed by atoms with Crippen molar-refractivity contribution >= 4 is 34.5 Å². The number of rotatable bonds is 4. The van der Waals surface area contributed by atoms with Gasteiger partial charge < -0.3 is 16.8 Å². The van der Waals surface area contributed by atoms with Crippen molar-refractivity contribution in [1.29, 1.82) is 0 Å². The summed E-state index contributed by atoms with van der Waals surface area (Å²) in [5.41, 5.74) is 14.9.